The standard InChI is InChI=1S/C15H22FNO/c1-3-8-17-15-7-5-4-6-12-13(15)9-11(18-2)10-14(12)16/h9-10,15,17H,3-8H2,1-2H3. The summed E-state index contributed by atoms with van der Waals surface area (Å²) in [6.07, 6.45) is 5.24. The lowest BCUT2D eigenvalue weighted by atomic mass is 9.98. The van der Waals surface area contributed by atoms with E-state index in [0.29, 0.717) is 5.75 Å². The average Bonchev–Trinajstić information content (AvgIpc) is 2.59. The Morgan fingerprint density at radius 1 is 1.39 bits per heavy atom. The second-order valence-electron chi connectivity index (χ2n) is 4.93. The van der Waals surface area contributed by atoms with Crippen LogP contribution < -0.4 is 10.1 Å². The van der Waals surface area contributed by atoms with E-state index in [4.69, 9.17) is 4.74 Å². The first kappa shape index (κ1) is 13.3. The zero-order valence-corrected chi connectivity index (χ0v) is 11.3. The van der Waals surface area contributed by atoms with Crippen LogP contribution in [0.3, 0.4) is 0 Å². The van der Waals surface area contributed by atoms with E-state index in [1.54, 1.807) is 7.11 Å². The minimum Gasteiger partial charge on any atom is -0.497 e. The molecule has 1 N–H and O–H groups in total. The molecule has 0 aliphatic heterocycles. The average molecular weight is 251 g/mol. The Labute approximate surface area is 109 Å². The minimum atomic E-state index is -0.116. The predicted molar refractivity (Wildman–Crippen MR) is 71.5 cm³/mol. The van der Waals surface area contributed by atoms with E-state index in [0.717, 1.165) is 49.8 Å². The molecule has 0 heterocycles. The zero-order valence-electron chi connectivity index (χ0n) is 11.3. The molecule has 100 valence electrons. The van der Waals surface area contributed by atoms with E-state index < -0.39 is 0 Å². The van der Waals surface area contributed by atoms with Crippen LogP contribution in [0, 0.1) is 5.82 Å². The maximum absolute atomic E-state index is 14.1. The van der Waals surface area contributed by atoms with Crippen molar-refractivity contribution in [2.75, 3.05) is 13.7 Å². The number of methoxy groups -OCH3 is 1. The molecule has 2 nitrogen and oxygen atoms in total. The number of ether oxygens (including phenoxy) is 1. The van der Waals surface area contributed by atoms with Gasteiger partial charge in [0.15, 0.2) is 0 Å². The van der Waals surface area contributed by atoms with Crippen molar-refractivity contribution in [2.24, 2.45) is 0 Å². The van der Waals surface area contributed by atoms with Gasteiger partial charge in [0.05, 0.1) is 7.11 Å². The molecule has 0 aromatic heterocycles. The Hall–Kier alpha value is -1.09. The van der Waals surface area contributed by atoms with Gasteiger partial charge in [0.1, 0.15) is 11.6 Å². The molecular weight excluding hydrogens is 229 g/mol. The monoisotopic (exact) mass is 251 g/mol. The first-order valence-electron chi connectivity index (χ1n) is 6.86. The van der Waals surface area contributed by atoms with Gasteiger partial charge < -0.3 is 10.1 Å². The molecule has 2 rings (SSSR count). The van der Waals surface area contributed by atoms with Crippen molar-refractivity contribution in [1.29, 1.82) is 0 Å². The van der Waals surface area contributed by atoms with E-state index in [1.165, 1.54) is 6.07 Å². The van der Waals surface area contributed by atoms with Gasteiger partial charge in [-0.05, 0) is 49.4 Å². The van der Waals surface area contributed by atoms with Crippen molar-refractivity contribution < 1.29 is 9.13 Å². The lowest BCUT2D eigenvalue weighted by molar-refractivity contribution is 0.407. The summed E-state index contributed by atoms with van der Waals surface area (Å²) in [6, 6.07) is 3.77. The second-order valence-corrected chi connectivity index (χ2v) is 4.93. The molecule has 0 fully saturated rings. The molecule has 1 atom stereocenters. The molecule has 3 heteroatoms. The first-order chi connectivity index (χ1) is 8.76. The van der Waals surface area contributed by atoms with Crippen LogP contribution in [0.5, 0.6) is 5.75 Å². The van der Waals surface area contributed by atoms with Gasteiger partial charge in [0.2, 0.25) is 0 Å². The summed E-state index contributed by atoms with van der Waals surface area (Å²) in [5, 5.41) is 3.52. The fourth-order valence-corrected chi connectivity index (χ4v) is 2.66. The summed E-state index contributed by atoms with van der Waals surface area (Å²) in [5.41, 5.74) is 1.97. The summed E-state index contributed by atoms with van der Waals surface area (Å²) >= 11 is 0. The molecular formula is C15H22FNO. The van der Waals surface area contributed by atoms with E-state index in [2.05, 4.69) is 12.2 Å². The van der Waals surface area contributed by atoms with Gasteiger partial charge in [0, 0.05) is 12.1 Å². The number of hydrogen-bond donors (Lipinski definition) is 1. The van der Waals surface area contributed by atoms with Crippen LogP contribution in [-0.4, -0.2) is 13.7 Å². The van der Waals surface area contributed by atoms with Crippen molar-refractivity contribution in [1.82, 2.24) is 5.32 Å². The van der Waals surface area contributed by atoms with Gasteiger partial charge in [-0.15, -0.1) is 0 Å². The van der Waals surface area contributed by atoms with E-state index in [1.807, 2.05) is 6.07 Å². The number of halogens is 1. The summed E-state index contributed by atoms with van der Waals surface area (Å²) in [4.78, 5) is 0. The highest BCUT2D eigenvalue weighted by Gasteiger charge is 2.21. The summed E-state index contributed by atoms with van der Waals surface area (Å²) in [6.45, 7) is 3.12. The number of benzene rings is 1. The van der Waals surface area contributed by atoms with Crippen molar-refractivity contribution in [3.63, 3.8) is 0 Å². The van der Waals surface area contributed by atoms with Gasteiger partial charge in [-0.1, -0.05) is 13.3 Å². The molecule has 1 unspecified atom stereocenters. The Kier molecular flexibility index (Phi) is 4.59. The van der Waals surface area contributed by atoms with Gasteiger partial charge >= 0.3 is 0 Å². The zero-order chi connectivity index (χ0) is 13.0. The number of fused-ring (bicyclic) bond motifs is 1. The van der Waals surface area contributed by atoms with Crippen molar-refractivity contribution in [2.45, 2.75) is 45.1 Å². The molecule has 0 radical (unpaired) electrons. The highest BCUT2D eigenvalue weighted by Crippen LogP contribution is 2.33. The van der Waals surface area contributed by atoms with Crippen LogP contribution in [-0.2, 0) is 6.42 Å². The number of nitrogens with one attached hydrogen (secondary N) is 1. The van der Waals surface area contributed by atoms with Crippen LogP contribution in [0.1, 0.15) is 49.8 Å². The van der Waals surface area contributed by atoms with Gasteiger partial charge in [-0.2, -0.15) is 0 Å². The lowest BCUT2D eigenvalue weighted by Gasteiger charge is -2.20. The Morgan fingerprint density at radius 2 is 2.22 bits per heavy atom. The highest BCUT2D eigenvalue weighted by molar-refractivity contribution is 5.39. The fraction of sp³-hybridized carbons (Fsp3) is 0.600. The maximum Gasteiger partial charge on any atom is 0.130 e. The molecule has 1 aliphatic rings. The third kappa shape index (κ3) is 2.83. The molecule has 0 spiro atoms. The minimum absolute atomic E-state index is 0.116. The number of hydrogen-bond acceptors (Lipinski definition) is 2. The van der Waals surface area contributed by atoms with E-state index >= 15 is 0 Å². The quantitative estimate of drug-likeness (QED) is 0.825. The lowest BCUT2D eigenvalue weighted by Crippen LogP contribution is -2.22. The molecule has 0 saturated carbocycles. The summed E-state index contributed by atoms with van der Waals surface area (Å²) in [7, 11) is 1.59. The molecule has 1 aliphatic carbocycles. The molecule has 18 heavy (non-hydrogen) atoms. The normalized spacial score (nSPS) is 19.2. The topological polar surface area (TPSA) is 21.3 Å². The molecule has 0 bridgehead atoms. The largest absolute Gasteiger partial charge is 0.497 e. The fourth-order valence-electron chi connectivity index (χ4n) is 2.66. The van der Waals surface area contributed by atoms with E-state index in [-0.39, 0.29) is 11.9 Å². The van der Waals surface area contributed by atoms with Crippen molar-refractivity contribution >= 4 is 0 Å². The maximum atomic E-state index is 14.1. The predicted octanol–water partition coefficient (Wildman–Crippen LogP) is 3.60. The van der Waals surface area contributed by atoms with Crippen molar-refractivity contribution in [3.8, 4) is 5.75 Å². The SMILES string of the molecule is CCCNC1CCCCc2c(F)cc(OC)cc21. The summed E-state index contributed by atoms with van der Waals surface area (Å²) < 4.78 is 19.3. The van der Waals surface area contributed by atoms with Gasteiger partial charge in [0.25, 0.3) is 0 Å². The van der Waals surface area contributed by atoms with Gasteiger partial charge in [-0.25, -0.2) is 4.39 Å². The highest BCUT2D eigenvalue weighted by atomic mass is 19.1. The van der Waals surface area contributed by atoms with Crippen LogP contribution in [0.25, 0.3) is 0 Å². The van der Waals surface area contributed by atoms with E-state index in [9.17, 15) is 4.39 Å². The molecule has 0 amide bonds. The molecule has 1 aromatic rings. The van der Waals surface area contributed by atoms with Crippen LogP contribution in [0.15, 0.2) is 12.1 Å². The van der Waals surface area contributed by atoms with Crippen LogP contribution >= 0.6 is 0 Å². The second kappa shape index (κ2) is 6.19. The van der Waals surface area contributed by atoms with Gasteiger partial charge in [-0.3, -0.25) is 0 Å². The first-order valence-corrected chi connectivity index (χ1v) is 6.86. The Bertz CT molecular complexity index is 406. The Balaban J connectivity index is 2.35. The van der Waals surface area contributed by atoms with Crippen LogP contribution in [0.4, 0.5) is 4.39 Å². The Morgan fingerprint density at radius 3 is 2.94 bits per heavy atom. The smallest absolute Gasteiger partial charge is 0.130 e. The third-order valence-corrected chi connectivity index (χ3v) is 3.62. The third-order valence-electron chi connectivity index (χ3n) is 3.62. The summed E-state index contributed by atoms with van der Waals surface area (Å²) in [5.74, 6) is 0.506. The molecule has 0 saturated heterocycles. The van der Waals surface area contributed by atoms with Crippen LogP contribution in [0.2, 0.25) is 0 Å². The van der Waals surface area contributed by atoms with Crippen molar-refractivity contribution in [3.05, 3.63) is 29.1 Å². The molecule has 1 aromatic carbocycles. The number of rotatable bonds is 4.